The summed E-state index contributed by atoms with van der Waals surface area (Å²) in [4.78, 5) is 26.1. The van der Waals surface area contributed by atoms with Crippen molar-refractivity contribution in [1.29, 1.82) is 0 Å². The maximum Gasteiger partial charge on any atom is 0.256 e. The molecular weight excluding hydrogens is 395 g/mol. The third-order valence-electron chi connectivity index (χ3n) is 6.33. The van der Waals surface area contributed by atoms with Crippen molar-refractivity contribution >= 4 is 22.8 Å². The van der Waals surface area contributed by atoms with Crippen molar-refractivity contribution < 1.29 is 13.9 Å². The molecule has 0 saturated carbocycles. The van der Waals surface area contributed by atoms with E-state index in [1.807, 2.05) is 37.4 Å². The molecule has 0 unspecified atom stereocenters. The zero-order valence-electron chi connectivity index (χ0n) is 17.6. The second-order valence-corrected chi connectivity index (χ2v) is 8.45. The molecule has 6 nitrogen and oxygen atoms in total. The highest BCUT2D eigenvalue weighted by Crippen LogP contribution is 2.32. The van der Waals surface area contributed by atoms with Gasteiger partial charge in [-0.15, -0.1) is 0 Å². The van der Waals surface area contributed by atoms with E-state index in [4.69, 9.17) is 9.72 Å². The van der Waals surface area contributed by atoms with Gasteiger partial charge in [-0.25, -0.2) is 9.37 Å². The van der Waals surface area contributed by atoms with Gasteiger partial charge in [0.25, 0.3) is 5.91 Å². The zero-order chi connectivity index (χ0) is 21.4. The minimum Gasteiger partial charge on any atom is -0.371 e. The summed E-state index contributed by atoms with van der Waals surface area (Å²) < 4.78 is 20.5. The Bertz CT molecular complexity index is 1130. The first kappa shape index (κ1) is 19.9. The molecule has 0 N–H and O–H groups in total. The number of ether oxygens (including phenoxy) is 1. The minimum absolute atomic E-state index is 0.138. The number of hydrogen-bond acceptors (Lipinski definition) is 5. The molecule has 0 aliphatic carbocycles. The Morgan fingerprint density at radius 3 is 2.65 bits per heavy atom. The predicted octanol–water partition coefficient (Wildman–Crippen LogP) is 3.59. The maximum atomic E-state index is 14.3. The Balaban J connectivity index is 1.28. The van der Waals surface area contributed by atoms with Crippen LogP contribution < -0.4 is 4.90 Å². The van der Waals surface area contributed by atoms with Crippen LogP contribution >= 0.6 is 0 Å². The van der Waals surface area contributed by atoms with Gasteiger partial charge in [0.2, 0.25) is 0 Å². The van der Waals surface area contributed by atoms with Crippen molar-refractivity contribution in [2.45, 2.75) is 25.4 Å². The van der Waals surface area contributed by atoms with Crippen LogP contribution in [-0.4, -0.2) is 59.2 Å². The summed E-state index contributed by atoms with van der Waals surface area (Å²) in [5.74, 6) is 0.141. The summed E-state index contributed by atoms with van der Waals surface area (Å²) >= 11 is 0. The molecule has 1 aromatic heterocycles. The Morgan fingerprint density at radius 1 is 1.10 bits per heavy atom. The van der Waals surface area contributed by atoms with Crippen LogP contribution in [0.5, 0.6) is 0 Å². The fourth-order valence-corrected chi connectivity index (χ4v) is 4.52. The van der Waals surface area contributed by atoms with Gasteiger partial charge in [0.05, 0.1) is 35.0 Å². The van der Waals surface area contributed by atoms with Crippen molar-refractivity contribution in [3.63, 3.8) is 0 Å². The smallest absolute Gasteiger partial charge is 0.256 e. The molecule has 2 aliphatic rings. The topological polar surface area (TPSA) is 58.6 Å². The van der Waals surface area contributed by atoms with E-state index in [9.17, 15) is 9.18 Å². The minimum atomic E-state index is -0.458. The molecule has 5 rings (SSSR count). The average molecular weight is 420 g/mol. The number of hydrogen-bond donors (Lipinski definition) is 0. The number of benzene rings is 2. The number of carbonyl (C=O) groups excluding carboxylic acids is 1. The predicted molar refractivity (Wildman–Crippen MR) is 117 cm³/mol. The number of fused-ring (bicyclic) bond motifs is 1. The quantitative estimate of drug-likeness (QED) is 0.634. The van der Waals surface area contributed by atoms with Gasteiger partial charge in [0, 0.05) is 26.2 Å². The van der Waals surface area contributed by atoms with E-state index in [-0.39, 0.29) is 17.1 Å². The van der Waals surface area contributed by atoms with E-state index in [0.29, 0.717) is 39.1 Å². The van der Waals surface area contributed by atoms with Gasteiger partial charge in [-0.3, -0.25) is 9.78 Å². The lowest BCUT2D eigenvalue weighted by Gasteiger charge is -2.47. The molecule has 2 fully saturated rings. The third-order valence-corrected chi connectivity index (χ3v) is 6.33. The summed E-state index contributed by atoms with van der Waals surface area (Å²) in [6, 6.07) is 12.6. The number of morpholine rings is 1. The summed E-state index contributed by atoms with van der Waals surface area (Å²) in [5, 5.41) is 0. The molecule has 2 saturated heterocycles. The Labute approximate surface area is 180 Å². The molecule has 160 valence electrons. The monoisotopic (exact) mass is 420 g/mol. The Morgan fingerprint density at radius 2 is 1.87 bits per heavy atom. The van der Waals surface area contributed by atoms with Crippen LogP contribution in [0.15, 0.2) is 48.7 Å². The van der Waals surface area contributed by atoms with E-state index in [0.717, 1.165) is 29.0 Å². The van der Waals surface area contributed by atoms with E-state index in [2.05, 4.69) is 9.88 Å². The van der Waals surface area contributed by atoms with Crippen LogP contribution in [0.4, 0.5) is 10.2 Å². The number of nitrogens with zero attached hydrogens (tertiary/aromatic N) is 4. The van der Waals surface area contributed by atoms with Crippen molar-refractivity contribution in [2.75, 3.05) is 37.7 Å². The van der Waals surface area contributed by atoms with Crippen molar-refractivity contribution in [1.82, 2.24) is 14.9 Å². The molecule has 0 radical (unpaired) electrons. The lowest BCUT2D eigenvalue weighted by atomic mass is 9.89. The standard InChI is InChI=1S/C24H25FN4O2/c1-17-6-7-18(19(25)14-17)23(30)28-10-8-24(9-11-28)16-29(12-13-31-24)22-15-26-20-4-2-3-5-21(20)27-22/h2-7,14-15H,8-13,16H2,1H3. The number of para-hydroxylation sites is 2. The van der Waals surface area contributed by atoms with E-state index >= 15 is 0 Å². The Kier molecular flexibility index (Phi) is 5.06. The van der Waals surface area contributed by atoms with E-state index in [1.54, 1.807) is 17.0 Å². The molecule has 1 amide bonds. The number of carbonyl (C=O) groups is 1. The van der Waals surface area contributed by atoms with Gasteiger partial charge in [-0.05, 0) is 49.6 Å². The summed E-state index contributed by atoms with van der Waals surface area (Å²) in [6.07, 6.45) is 3.24. The number of halogens is 1. The van der Waals surface area contributed by atoms with Crippen LogP contribution in [0.1, 0.15) is 28.8 Å². The molecular formula is C24H25FN4O2. The molecule has 2 aromatic carbocycles. The van der Waals surface area contributed by atoms with Gasteiger partial charge in [0.15, 0.2) is 0 Å². The molecule has 0 bridgehead atoms. The highest BCUT2D eigenvalue weighted by Gasteiger charge is 2.41. The molecule has 3 heterocycles. The van der Waals surface area contributed by atoms with E-state index < -0.39 is 5.82 Å². The van der Waals surface area contributed by atoms with Gasteiger partial charge in [-0.1, -0.05) is 18.2 Å². The molecule has 2 aliphatic heterocycles. The summed E-state index contributed by atoms with van der Waals surface area (Å²) in [6.45, 7) is 4.98. The average Bonchev–Trinajstić information content (AvgIpc) is 2.79. The highest BCUT2D eigenvalue weighted by atomic mass is 19.1. The fraction of sp³-hybridized carbons (Fsp3) is 0.375. The number of piperidine rings is 1. The van der Waals surface area contributed by atoms with Crippen LogP contribution in [0.2, 0.25) is 0 Å². The van der Waals surface area contributed by atoms with Gasteiger partial charge >= 0.3 is 0 Å². The number of rotatable bonds is 2. The van der Waals surface area contributed by atoms with Crippen LogP contribution in [0, 0.1) is 12.7 Å². The number of aryl methyl sites for hydroxylation is 1. The number of aromatic nitrogens is 2. The third kappa shape index (κ3) is 3.85. The molecule has 31 heavy (non-hydrogen) atoms. The van der Waals surface area contributed by atoms with Crippen LogP contribution in [0.3, 0.4) is 0 Å². The lowest BCUT2D eigenvalue weighted by Crippen LogP contribution is -2.57. The lowest BCUT2D eigenvalue weighted by molar-refractivity contribution is -0.0870. The maximum absolute atomic E-state index is 14.3. The second-order valence-electron chi connectivity index (χ2n) is 8.45. The largest absolute Gasteiger partial charge is 0.371 e. The second kappa shape index (κ2) is 7.89. The first-order valence-electron chi connectivity index (χ1n) is 10.7. The highest BCUT2D eigenvalue weighted by molar-refractivity contribution is 5.94. The van der Waals surface area contributed by atoms with Gasteiger partial charge in [0.1, 0.15) is 11.6 Å². The van der Waals surface area contributed by atoms with Crippen molar-refractivity contribution in [2.24, 2.45) is 0 Å². The molecule has 3 aromatic rings. The Hall–Kier alpha value is -3.06. The molecule has 0 atom stereocenters. The van der Waals surface area contributed by atoms with Crippen molar-refractivity contribution in [3.8, 4) is 0 Å². The van der Waals surface area contributed by atoms with Crippen LogP contribution in [0.25, 0.3) is 11.0 Å². The van der Waals surface area contributed by atoms with Crippen LogP contribution in [-0.2, 0) is 4.74 Å². The SMILES string of the molecule is Cc1ccc(C(=O)N2CCC3(CC2)CN(c2cnc4ccccc4n2)CCO3)c(F)c1. The molecule has 7 heteroatoms. The first-order chi connectivity index (χ1) is 15.0. The first-order valence-corrected chi connectivity index (χ1v) is 10.7. The number of likely N-dealkylation sites (tertiary alicyclic amines) is 1. The fourth-order valence-electron chi connectivity index (χ4n) is 4.52. The summed E-state index contributed by atoms with van der Waals surface area (Å²) in [5.41, 5.74) is 2.37. The number of amides is 1. The van der Waals surface area contributed by atoms with Gasteiger partial charge in [-0.2, -0.15) is 0 Å². The summed E-state index contributed by atoms with van der Waals surface area (Å²) in [7, 11) is 0. The van der Waals surface area contributed by atoms with E-state index in [1.165, 1.54) is 6.07 Å². The zero-order valence-corrected chi connectivity index (χ0v) is 17.6. The number of anilines is 1. The van der Waals surface area contributed by atoms with Crippen molar-refractivity contribution in [3.05, 3.63) is 65.6 Å². The van der Waals surface area contributed by atoms with Gasteiger partial charge < -0.3 is 14.5 Å². The molecule has 1 spiro atoms. The normalized spacial score (nSPS) is 18.5.